The molecule has 0 aromatic heterocycles. The number of ether oxygens (including phenoxy) is 1. The van der Waals surface area contributed by atoms with Gasteiger partial charge in [0.1, 0.15) is 11.7 Å². The Hall–Kier alpha value is -0.860. The van der Waals surface area contributed by atoms with Crippen molar-refractivity contribution in [3.63, 3.8) is 0 Å². The van der Waals surface area contributed by atoms with Gasteiger partial charge < -0.3 is 4.74 Å². The summed E-state index contributed by atoms with van der Waals surface area (Å²) in [7, 11) is 1.37. The van der Waals surface area contributed by atoms with Gasteiger partial charge in [0.25, 0.3) is 0 Å². The minimum atomic E-state index is -0.472. The first-order chi connectivity index (χ1) is 7.08. The van der Waals surface area contributed by atoms with Gasteiger partial charge >= 0.3 is 5.97 Å². The molecule has 0 aliphatic heterocycles. The number of esters is 1. The summed E-state index contributed by atoms with van der Waals surface area (Å²) in [5.41, 5.74) is 0.0637. The van der Waals surface area contributed by atoms with Crippen LogP contribution in [0.5, 0.6) is 0 Å². The van der Waals surface area contributed by atoms with Crippen LogP contribution in [0.1, 0.15) is 39.0 Å². The number of fused-ring (bicyclic) bond motifs is 1. The van der Waals surface area contributed by atoms with Crippen molar-refractivity contribution in [3.8, 4) is 0 Å². The van der Waals surface area contributed by atoms with Crippen molar-refractivity contribution in [3.05, 3.63) is 0 Å². The summed E-state index contributed by atoms with van der Waals surface area (Å²) in [4.78, 5) is 23.4. The Bertz CT molecular complexity index is 297. The summed E-state index contributed by atoms with van der Waals surface area (Å²) in [6.07, 6.45) is 4.98. The molecule has 0 radical (unpaired) electrons. The first-order valence-corrected chi connectivity index (χ1v) is 5.69. The highest BCUT2D eigenvalue weighted by Gasteiger charge is 2.54. The number of hydrogen-bond acceptors (Lipinski definition) is 3. The van der Waals surface area contributed by atoms with Crippen LogP contribution >= 0.6 is 0 Å². The number of rotatable bonds is 1. The third-order valence-electron chi connectivity index (χ3n) is 4.19. The lowest BCUT2D eigenvalue weighted by atomic mass is 9.67. The van der Waals surface area contributed by atoms with Gasteiger partial charge in [-0.15, -0.1) is 0 Å². The van der Waals surface area contributed by atoms with Gasteiger partial charge in [-0.3, -0.25) is 9.59 Å². The Morgan fingerprint density at radius 1 is 1.47 bits per heavy atom. The van der Waals surface area contributed by atoms with Crippen LogP contribution in [0.25, 0.3) is 0 Å². The summed E-state index contributed by atoms with van der Waals surface area (Å²) in [5.74, 6) is -0.474. The zero-order valence-electron chi connectivity index (χ0n) is 9.41. The Morgan fingerprint density at radius 2 is 2.20 bits per heavy atom. The van der Waals surface area contributed by atoms with Crippen molar-refractivity contribution in [2.45, 2.75) is 39.0 Å². The Kier molecular flexibility index (Phi) is 2.57. The van der Waals surface area contributed by atoms with Gasteiger partial charge in [0.2, 0.25) is 0 Å². The third-order valence-corrected chi connectivity index (χ3v) is 4.19. The lowest BCUT2D eigenvalue weighted by Gasteiger charge is -2.36. The molecule has 15 heavy (non-hydrogen) atoms. The van der Waals surface area contributed by atoms with E-state index in [-0.39, 0.29) is 23.1 Å². The standard InChI is InChI=1S/C12H18O3/c1-12-6-4-3-5-8(12)10(9(13)7-12)11(14)15-2/h8,10H,3-7H2,1-2H3. The molecular weight excluding hydrogens is 192 g/mol. The lowest BCUT2D eigenvalue weighted by Crippen LogP contribution is -2.33. The molecule has 2 aliphatic carbocycles. The van der Waals surface area contributed by atoms with Gasteiger partial charge in [0.05, 0.1) is 7.11 Å². The van der Waals surface area contributed by atoms with Crippen molar-refractivity contribution in [1.82, 2.24) is 0 Å². The highest BCUT2D eigenvalue weighted by atomic mass is 16.5. The van der Waals surface area contributed by atoms with Gasteiger partial charge in [0, 0.05) is 6.42 Å². The molecular formula is C12H18O3. The molecule has 3 nitrogen and oxygen atoms in total. The van der Waals surface area contributed by atoms with Crippen LogP contribution in [0.2, 0.25) is 0 Å². The SMILES string of the molecule is COC(=O)C1C(=O)CC2(C)CCCCC12. The summed E-state index contributed by atoms with van der Waals surface area (Å²) < 4.78 is 4.74. The van der Waals surface area contributed by atoms with Crippen molar-refractivity contribution in [1.29, 1.82) is 0 Å². The van der Waals surface area contributed by atoms with Gasteiger partial charge in [0.15, 0.2) is 0 Å². The summed E-state index contributed by atoms with van der Waals surface area (Å²) in [6.45, 7) is 2.15. The van der Waals surface area contributed by atoms with Crippen LogP contribution in [0.4, 0.5) is 0 Å². The molecule has 0 spiro atoms. The molecule has 0 aromatic carbocycles. The first-order valence-electron chi connectivity index (χ1n) is 5.69. The Labute approximate surface area is 90.2 Å². The molecule has 3 atom stereocenters. The maximum Gasteiger partial charge on any atom is 0.316 e. The number of Topliss-reactive ketones (excluding diaryl/α,β-unsaturated/α-hetero) is 1. The molecule has 0 amide bonds. The van der Waals surface area contributed by atoms with Crippen molar-refractivity contribution >= 4 is 11.8 Å². The van der Waals surface area contributed by atoms with Crippen LogP contribution in [0.3, 0.4) is 0 Å². The minimum Gasteiger partial charge on any atom is -0.468 e. The van der Waals surface area contributed by atoms with Crippen LogP contribution in [-0.2, 0) is 14.3 Å². The summed E-state index contributed by atoms with van der Waals surface area (Å²) in [5, 5.41) is 0. The number of carbonyl (C=O) groups is 2. The lowest BCUT2D eigenvalue weighted by molar-refractivity contribution is -0.150. The molecule has 84 valence electrons. The fourth-order valence-corrected chi connectivity index (χ4v) is 3.37. The molecule has 2 fully saturated rings. The van der Waals surface area contributed by atoms with Crippen LogP contribution in [0.15, 0.2) is 0 Å². The fourth-order valence-electron chi connectivity index (χ4n) is 3.37. The van der Waals surface area contributed by atoms with E-state index >= 15 is 0 Å². The molecule has 2 rings (SSSR count). The van der Waals surface area contributed by atoms with Gasteiger partial charge in [-0.2, -0.15) is 0 Å². The molecule has 3 heteroatoms. The van der Waals surface area contributed by atoms with E-state index in [2.05, 4.69) is 6.92 Å². The number of hydrogen-bond donors (Lipinski definition) is 0. The molecule has 3 unspecified atom stereocenters. The van der Waals surface area contributed by atoms with Crippen molar-refractivity contribution < 1.29 is 14.3 Å². The smallest absolute Gasteiger partial charge is 0.316 e. The van der Waals surface area contributed by atoms with E-state index < -0.39 is 5.92 Å². The number of ketones is 1. The van der Waals surface area contributed by atoms with Crippen LogP contribution in [0, 0.1) is 17.3 Å². The van der Waals surface area contributed by atoms with Gasteiger partial charge in [-0.05, 0) is 24.2 Å². The molecule has 2 saturated carbocycles. The quantitative estimate of drug-likeness (QED) is 0.490. The van der Waals surface area contributed by atoms with E-state index in [0.29, 0.717) is 6.42 Å². The normalized spacial score (nSPS) is 40.0. The first kappa shape index (κ1) is 10.7. The second-order valence-corrected chi connectivity index (χ2v) is 5.15. The van der Waals surface area contributed by atoms with Crippen molar-refractivity contribution in [2.24, 2.45) is 17.3 Å². The van der Waals surface area contributed by atoms with E-state index in [1.54, 1.807) is 0 Å². The predicted molar refractivity (Wildman–Crippen MR) is 55.2 cm³/mol. The van der Waals surface area contributed by atoms with E-state index in [9.17, 15) is 9.59 Å². The highest BCUT2D eigenvalue weighted by molar-refractivity contribution is 6.01. The molecule has 0 N–H and O–H groups in total. The Morgan fingerprint density at radius 3 is 2.87 bits per heavy atom. The third kappa shape index (κ3) is 1.58. The molecule has 0 aromatic rings. The second kappa shape index (κ2) is 3.62. The second-order valence-electron chi connectivity index (χ2n) is 5.15. The average molecular weight is 210 g/mol. The molecule has 2 aliphatic rings. The minimum absolute atomic E-state index is 0.0637. The van der Waals surface area contributed by atoms with Crippen molar-refractivity contribution in [2.75, 3.05) is 7.11 Å². The van der Waals surface area contributed by atoms with E-state index in [1.165, 1.54) is 13.5 Å². The fraction of sp³-hybridized carbons (Fsp3) is 0.833. The van der Waals surface area contributed by atoms with Crippen LogP contribution in [-0.4, -0.2) is 18.9 Å². The molecule has 0 saturated heterocycles. The average Bonchev–Trinajstić information content (AvgIpc) is 2.47. The Balaban J connectivity index is 2.25. The predicted octanol–water partition coefficient (Wildman–Crippen LogP) is 1.94. The molecule has 0 bridgehead atoms. The highest BCUT2D eigenvalue weighted by Crippen LogP contribution is 2.53. The summed E-state index contributed by atoms with van der Waals surface area (Å²) in [6, 6.07) is 0. The van der Waals surface area contributed by atoms with Crippen LogP contribution < -0.4 is 0 Å². The van der Waals surface area contributed by atoms with Gasteiger partial charge in [-0.1, -0.05) is 19.8 Å². The monoisotopic (exact) mass is 210 g/mol. The van der Waals surface area contributed by atoms with E-state index in [4.69, 9.17) is 4.74 Å². The topological polar surface area (TPSA) is 43.4 Å². The van der Waals surface area contributed by atoms with E-state index in [0.717, 1.165) is 19.3 Å². The zero-order chi connectivity index (χ0) is 11.1. The maximum atomic E-state index is 11.8. The largest absolute Gasteiger partial charge is 0.468 e. The number of carbonyl (C=O) groups excluding carboxylic acids is 2. The zero-order valence-corrected chi connectivity index (χ0v) is 9.41. The number of methoxy groups -OCH3 is 1. The van der Waals surface area contributed by atoms with Gasteiger partial charge in [-0.25, -0.2) is 0 Å². The molecule has 0 heterocycles. The van der Waals surface area contributed by atoms with E-state index in [1.807, 2.05) is 0 Å². The maximum absolute atomic E-state index is 11.8. The summed E-state index contributed by atoms with van der Waals surface area (Å²) >= 11 is 0.